The van der Waals surface area contributed by atoms with E-state index in [4.69, 9.17) is 9.47 Å². The maximum Gasteiger partial charge on any atom is 0.0536 e. The lowest BCUT2D eigenvalue weighted by atomic mass is 9.81. The fraction of sp³-hybridized carbons (Fsp3) is 1.00. The minimum absolute atomic E-state index is 0.322. The zero-order valence-corrected chi connectivity index (χ0v) is 8.77. The van der Waals surface area contributed by atoms with Gasteiger partial charge in [0.05, 0.1) is 6.61 Å². The quantitative estimate of drug-likeness (QED) is 0.697. The van der Waals surface area contributed by atoms with Gasteiger partial charge in [0.15, 0.2) is 0 Å². The van der Waals surface area contributed by atoms with E-state index in [9.17, 15) is 0 Å². The van der Waals surface area contributed by atoms with Crippen LogP contribution in [-0.4, -0.2) is 40.0 Å². The standard InChI is InChI=1S/C10H21NO2/c1-3-12-9-10(8-11-2)4-6-13-7-5-10/h11H,3-9H2,1-2H3. The molecule has 1 saturated heterocycles. The Morgan fingerprint density at radius 3 is 2.62 bits per heavy atom. The third-order valence-corrected chi connectivity index (χ3v) is 2.72. The first-order chi connectivity index (χ1) is 6.33. The molecular formula is C10H21NO2. The van der Waals surface area contributed by atoms with Gasteiger partial charge in [-0.1, -0.05) is 0 Å². The van der Waals surface area contributed by atoms with Gasteiger partial charge in [0.25, 0.3) is 0 Å². The Morgan fingerprint density at radius 1 is 1.38 bits per heavy atom. The lowest BCUT2D eigenvalue weighted by molar-refractivity contribution is -0.0353. The summed E-state index contributed by atoms with van der Waals surface area (Å²) in [4.78, 5) is 0. The topological polar surface area (TPSA) is 30.5 Å². The van der Waals surface area contributed by atoms with Gasteiger partial charge in [-0.25, -0.2) is 0 Å². The Bertz CT molecular complexity index is 127. The van der Waals surface area contributed by atoms with Crippen LogP contribution in [0.2, 0.25) is 0 Å². The molecule has 1 rings (SSSR count). The second kappa shape index (κ2) is 5.58. The minimum Gasteiger partial charge on any atom is -0.381 e. The summed E-state index contributed by atoms with van der Waals surface area (Å²) in [6.07, 6.45) is 2.24. The van der Waals surface area contributed by atoms with Crippen LogP contribution >= 0.6 is 0 Å². The molecule has 0 aromatic heterocycles. The van der Waals surface area contributed by atoms with Crippen LogP contribution in [0.3, 0.4) is 0 Å². The Hall–Kier alpha value is -0.120. The first-order valence-corrected chi connectivity index (χ1v) is 5.13. The number of hydrogen-bond donors (Lipinski definition) is 1. The van der Waals surface area contributed by atoms with Gasteiger partial charge in [-0.05, 0) is 26.8 Å². The maximum atomic E-state index is 5.53. The van der Waals surface area contributed by atoms with Crippen LogP contribution in [0, 0.1) is 5.41 Å². The Kier molecular flexibility index (Phi) is 4.70. The van der Waals surface area contributed by atoms with Crippen molar-refractivity contribution in [1.82, 2.24) is 5.32 Å². The summed E-state index contributed by atoms with van der Waals surface area (Å²) in [5.74, 6) is 0. The molecule has 13 heavy (non-hydrogen) atoms. The number of nitrogens with one attached hydrogen (secondary N) is 1. The number of hydrogen-bond acceptors (Lipinski definition) is 3. The molecule has 0 amide bonds. The van der Waals surface area contributed by atoms with Crippen molar-refractivity contribution in [3.63, 3.8) is 0 Å². The zero-order valence-electron chi connectivity index (χ0n) is 8.77. The molecule has 0 aromatic carbocycles. The fourth-order valence-electron chi connectivity index (χ4n) is 1.87. The molecule has 1 fully saturated rings. The molecule has 78 valence electrons. The van der Waals surface area contributed by atoms with Crippen molar-refractivity contribution in [2.45, 2.75) is 19.8 Å². The highest BCUT2D eigenvalue weighted by molar-refractivity contribution is 4.83. The summed E-state index contributed by atoms with van der Waals surface area (Å²) < 4.78 is 10.9. The van der Waals surface area contributed by atoms with E-state index in [2.05, 4.69) is 5.32 Å². The van der Waals surface area contributed by atoms with E-state index >= 15 is 0 Å². The van der Waals surface area contributed by atoms with Crippen LogP contribution in [-0.2, 0) is 9.47 Å². The van der Waals surface area contributed by atoms with Crippen LogP contribution in [0.5, 0.6) is 0 Å². The van der Waals surface area contributed by atoms with E-state index in [1.807, 2.05) is 14.0 Å². The van der Waals surface area contributed by atoms with Gasteiger partial charge in [-0.15, -0.1) is 0 Å². The van der Waals surface area contributed by atoms with Gasteiger partial charge in [-0.2, -0.15) is 0 Å². The maximum absolute atomic E-state index is 5.53. The molecule has 0 aliphatic carbocycles. The van der Waals surface area contributed by atoms with Crippen molar-refractivity contribution in [2.75, 3.05) is 40.0 Å². The van der Waals surface area contributed by atoms with Gasteiger partial charge < -0.3 is 14.8 Å². The Morgan fingerprint density at radius 2 is 2.08 bits per heavy atom. The van der Waals surface area contributed by atoms with Crippen molar-refractivity contribution in [1.29, 1.82) is 0 Å². The first-order valence-electron chi connectivity index (χ1n) is 5.13. The summed E-state index contributed by atoms with van der Waals surface area (Å²) in [6, 6.07) is 0. The summed E-state index contributed by atoms with van der Waals surface area (Å²) >= 11 is 0. The van der Waals surface area contributed by atoms with Crippen molar-refractivity contribution < 1.29 is 9.47 Å². The SMILES string of the molecule is CCOCC1(CNC)CCOCC1. The molecule has 1 aliphatic rings. The van der Waals surface area contributed by atoms with Crippen molar-refractivity contribution in [3.05, 3.63) is 0 Å². The second-order valence-corrected chi connectivity index (χ2v) is 3.78. The molecule has 0 saturated carbocycles. The molecule has 0 atom stereocenters. The Balaban J connectivity index is 2.40. The molecular weight excluding hydrogens is 166 g/mol. The van der Waals surface area contributed by atoms with Gasteiger partial charge in [0.2, 0.25) is 0 Å². The van der Waals surface area contributed by atoms with Crippen LogP contribution in [0.1, 0.15) is 19.8 Å². The average Bonchev–Trinajstić information content (AvgIpc) is 2.17. The smallest absolute Gasteiger partial charge is 0.0536 e. The third kappa shape index (κ3) is 3.25. The number of rotatable bonds is 5. The summed E-state index contributed by atoms with van der Waals surface area (Å²) in [5.41, 5.74) is 0.322. The number of ether oxygens (including phenoxy) is 2. The zero-order chi connectivity index (χ0) is 9.57. The molecule has 0 radical (unpaired) electrons. The predicted octanol–water partition coefficient (Wildman–Crippen LogP) is 1.04. The summed E-state index contributed by atoms with van der Waals surface area (Å²) in [7, 11) is 2.00. The predicted molar refractivity (Wildman–Crippen MR) is 52.9 cm³/mol. The monoisotopic (exact) mass is 187 g/mol. The molecule has 1 heterocycles. The minimum atomic E-state index is 0.322. The third-order valence-electron chi connectivity index (χ3n) is 2.72. The van der Waals surface area contributed by atoms with E-state index in [0.717, 1.165) is 45.8 Å². The molecule has 0 bridgehead atoms. The molecule has 0 spiro atoms. The van der Waals surface area contributed by atoms with Gasteiger partial charge >= 0.3 is 0 Å². The van der Waals surface area contributed by atoms with Crippen LogP contribution in [0.4, 0.5) is 0 Å². The van der Waals surface area contributed by atoms with Crippen LogP contribution < -0.4 is 5.32 Å². The molecule has 1 N–H and O–H groups in total. The van der Waals surface area contributed by atoms with Crippen LogP contribution in [0.15, 0.2) is 0 Å². The van der Waals surface area contributed by atoms with E-state index in [-0.39, 0.29) is 0 Å². The summed E-state index contributed by atoms with van der Waals surface area (Å²) in [5, 5.41) is 3.25. The lowest BCUT2D eigenvalue weighted by Gasteiger charge is -2.36. The van der Waals surface area contributed by atoms with E-state index in [0.29, 0.717) is 5.41 Å². The molecule has 3 heteroatoms. The lowest BCUT2D eigenvalue weighted by Crippen LogP contribution is -2.41. The average molecular weight is 187 g/mol. The van der Waals surface area contributed by atoms with Crippen molar-refractivity contribution >= 4 is 0 Å². The highest BCUT2D eigenvalue weighted by Gasteiger charge is 2.31. The second-order valence-electron chi connectivity index (χ2n) is 3.78. The molecule has 0 aromatic rings. The van der Waals surface area contributed by atoms with Crippen LogP contribution in [0.25, 0.3) is 0 Å². The molecule has 0 unspecified atom stereocenters. The van der Waals surface area contributed by atoms with Crippen molar-refractivity contribution in [3.8, 4) is 0 Å². The highest BCUT2D eigenvalue weighted by atomic mass is 16.5. The van der Waals surface area contributed by atoms with Crippen molar-refractivity contribution in [2.24, 2.45) is 5.41 Å². The normalized spacial score (nSPS) is 21.7. The molecule has 3 nitrogen and oxygen atoms in total. The van der Waals surface area contributed by atoms with Gasteiger partial charge in [0.1, 0.15) is 0 Å². The van der Waals surface area contributed by atoms with E-state index in [1.54, 1.807) is 0 Å². The fourth-order valence-corrected chi connectivity index (χ4v) is 1.87. The highest BCUT2D eigenvalue weighted by Crippen LogP contribution is 2.29. The largest absolute Gasteiger partial charge is 0.381 e. The van der Waals surface area contributed by atoms with Gasteiger partial charge in [0, 0.05) is 31.8 Å². The summed E-state index contributed by atoms with van der Waals surface area (Å²) in [6.45, 7) is 6.53. The van der Waals surface area contributed by atoms with Gasteiger partial charge in [-0.3, -0.25) is 0 Å². The van der Waals surface area contributed by atoms with E-state index < -0.39 is 0 Å². The van der Waals surface area contributed by atoms with E-state index in [1.165, 1.54) is 0 Å². The first kappa shape index (κ1) is 11.0. The molecule has 1 aliphatic heterocycles. The Labute approximate surface area is 80.8 Å².